The lowest BCUT2D eigenvalue weighted by atomic mass is 10.0. The Bertz CT molecular complexity index is 3380. The number of aromatic nitrogens is 8. The van der Waals surface area contributed by atoms with Gasteiger partial charge in [0.05, 0.1) is 67.6 Å². The summed E-state index contributed by atoms with van der Waals surface area (Å²) >= 11 is 0. The summed E-state index contributed by atoms with van der Waals surface area (Å²) in [6.45, 7) is 14.1. The predicted octanol–water partition coefficient (Wildman–Crippen LogP) is 9.58. The number of imidazole rings is 2. The molecule has 1 N–H and O–H groups in total. The Morgan fingerprint density at radius 2 is 1.11 bits per heavy atom. The molecule has 0 spiro atoms. The lowest BCUT2D eigenvalue weighted by Gasteiger charge is -2.35. The summed E-state index contributed by atoms with van der Waals surface area (Å²) in [5.74, 6) is 3.22. The third kappa shape index (κ3) is 14.3. The monoisotopic (exact) mass is 1100 g/mol. The third-order valence-electron chi connectivity index (χ3n) is 14.8. The number of fused-ring (bicyclic) bond motifs is 2. The Morgan fingerprint density at radius 3 is 1.62 bits per heavy atom. The molecule has 20 heteroatoms. The lowest BCUT2D eigenvalue weighted by Crippen LogP contribution is -2.47. The van der Waals surface area contributed by atoms with Gasteiger partial charge in [0.15, 0.2) is 11.3 Å². The highest BCUT2D eigenvalue weighted by atomic mass is 19.1. The molecule has 2 atom stereocenters. The van der Waals surface area contributed by atoms with Crippen LogP contribution in [0, 0.1) is 34.3 Å². The van der Waals surface area contributed by atoms with Gasteiger partial charge in [0.1, 0.15) is 52.9 Å². The number of nitrogens with zero attached hydrogens (tertiary/aromatic N) is 15. The van der Waals surface area contributed by atoms with Crippen LogP contribution in [-0.2, 0) is 9.47 Å². The summed E-state index contributed by atoms with van der Waals surface area (Å²) in [6.07, 6.45) is 9.23. The van der Waals surface area contributed by atoms with E-state index in [-0.39, 0.29) is 37.8 Å². The van der Waals surface area contributed by atoms with Crippen LogP contribution < -0.4 is 24.9 Å². The number of benzene rings is 2. The smallest absolute Gasteiger partial charge is 0.154 e. The highest BCUT2D eigenvalue weighted by Crippen LogP contribution is 2.37. The maximum atomic E-state index is 13.9. The molecular formula is C61H72F2N16O2. The molecule has 4 aliphatic heterocycles. The van der Waals surface area contributed by atoms with Crippen molar-refractivity contribution in [2.24, 2.45) is 0 Å². The minimum Gasteiger partial charge on any atom is -0.380 e. The molecule has 0 amide bonds. The largest absolute Gasteiger partial charge is 0.380 e. The number of piperazine rings is 2. The number of anilines is 4. The van der Waals surface area contributed by atoms with Gasteiger partial charge in [-0.05, 0) is 116 Å². The zero-order valence-corrected chi connectivity index (χ0v) is 45.3. The molecule has 0 aliphatic carbocycles. The molecule has 0 bridgehead atoms. The molecule has 0 saturated carbocycles. The van der Waals surface area contributed by atoms with Gasteiger partial charge in [0.2, 0.25) is 0 Å². The molecule has 18 nitrogen and oxygen atoms in total. The summed E-state index contributed by atoms with van der Waals surface area (Å²) in [5.41, 5.74) is 6.88. The fourth-order valence-corrected chi connectivity index (χ4v) is 10.8. The molecule has 4 saturated heterocycles. The quantitative estimate of drug-likeness (QED) is 0.0903. The molecule has 10 heterocycles. The van der Waals surface area contributed by atoms with Gasteiger partial charge in [-0.2, -0.15) is 10.5 Å². The van der Waals surface area contributed by atoms with Gasteiger partial charge in [-0.25, -0.2) is 37.7 Å². The average molecular weight is 1100 g/mol. The van der Waals surface area contributed by atoms with Crippen molar-refractivity contribution < 1.29 is 18.3 Å². The molecular weight excluding hydrogens is 1030 g/mol. The number of pyridine rings is 2. The molecule has 0 unspecified atom stereocenters. The number of nitriles is 2. The maximum absolute atomic E-state index is 13.9. The second kappa shape index (κ2) is 28.3. The predicted molar refractivity (Wildman–Crippen MR) is 312 cm³/mol. The van der Waals surface area contributed by atoms with Crippen LogP contribution in [-0.4, -0.2) is 142 Å². The van der Waals surface area contributed by atoms with Crippen LogP contribution >= 0.6 is 0 Å². The summed E-state index contributed by atoms with van der Waals surface area (Å²) in [4.78, 5) is 30.5. The minimum atomic E-state index is -0.211. The molecule has 2 aromatic carbocycles. The van der Waals surface area contributed by atoms with Crippen molar-refractivity contribution in [3.8, 4) is 34.9 Å². The standard InChI is InChI=1S/C29H31FN8O.C25H26FN7.C6H11NO.CH4/c30-23-5-1-4-22(20-23)25-7-3-12-37(25)29-10-9-27-32-21-26(38(27)34-29)24-6-2-8-28(33-24)36-15-13-35(14-16-36)17-19-39-18-11-31;26-19-5-1-4-18(16-19)21-7-3-13-32(21)25-10-9-23-28-17-22(33(23)30-25)20-6-2-8-24(29-20)31-14-11-27-12-15-31;1-2-5-8-6-3-4-7;/h1-2,4-6,8-10,20-21,25H,3,7,12-19H2;1-2,4-6,8-10,16-17,21,27H,3,7,11-15H2;2-3,5-6H2,1H3;1H4/t25-;21-;;/m11../s1. The number of hydrogen-bond donors (Lipinski definition) is 1. The molecule has 8 aromatic rings. The van der Waals surface area contributed by atoms with E-state index in [1.165, 1.54) is 12.1 Å². The van der Waals surface area contributed by atoms with Crippen molar-refractivity contribution in [3.63, 3.8) is 0 Å². The molecule has 81 heavy (non-hydrogen) atoms. The molecule has 12 rings (SSSR count). The summed E-state index contributed by atoms with van der Waals surface area (Å²) in [6, 6.07) is 38.2. The van der Waals surface area contributed by atoms with E-state index in [1.807, 2.05) is 107 Å². The van der Waals surface area contributed by atoms with E-state index in [4.69, 9.17) is 40.2 Å². The highest BCUT2D eigenvalue weighted by Gasteiger charge is 2.30. The van der Waals surface area contributed by atoms with E-state index >= 15 is 0 Å². The number of nitrogens with one attached hydrogen (secondary N) is 1. The van der Waals surface area contributed by atoms with Gasteiger partial charge in [-0.1, -0.05) is 50.7 Å². The Hall–Kier alpha value is -8.14. The van der Waals surface area contributed by atoms with Gasteiger partial charge < -0.3 is 34.4 Å². The summed E-state index contributed by atoms with van der Waals surface area (Å²) in [5, 5.41) is 30.0. The fourth-order valence-electron chi connectivity index (χ4n) is 10.8. The molecule has 4 aliphatic rings. The summed E-state index contributed by atoms with van der Waals surface area (Å²) < 4.78 is 41.8. The van der Waals surface area contributed by atoms with Crippen molar-refractivity contribution in [1.29, 1.82) is 10.5 Å². The second-order valence-electron chi connectivity index (χ2n) is 20.1. The van der Waals surface area contributed by atoms with E-state index in [1.54, 1.807) is 24.3 Å². The van der Waals surface area contributed by atoms with Gasteiger partial charge in [-0.3, -0.25) is 4.90 Å². The van der Waals surface area contributed by atoms with E-state index in [2.05, 4.69) is 45.9 Å². The maximum Gasteiger partial charge on any atom is 0.154 e. The third-order valence-corrected chi connectivity index (χ3v) is 14.8. The van der Waals surface area contributed by atoms with Crippen molar-refractivity contribution in [2.75, 3.05) is 118 Å². The van der Waals surface area contributed by atoms with E-state index < -0.39 is 0 Å². The molecule has 422 valence electrons. The number of halogens is 2. The zero-order valence-electron chi connectivity index (χ0n) is 45.3. The van der Waals surface area contributed by atoms with Crippen LogP contribution in [0.5, 0.6) is 0 Å². The Kier molecular flexibility index (Phi) is 20.1. The first-order valence-corrected chi connectivity index (χ1v) is 27.9. The number of ether oxygens (including phenoxy) is 2. The van der Waals surface area contributed by atoms with Crippen LogP contribution in [0.1, 0.15) is 76.1 Å². The van der Waals surface area contributed by atoms with Crippen LogP contribution in [0.4, 0.5) is 32.1 Å². The summed E-state index contributed by atoms with van der Waals surface area (Å²) in [7, 11) is 0. The van der Waals surface area contributed by atoms with Gasteiger partial charge in [-0.15, -0.1) is 10.2 Å². The molecule has 0 radical (unpaired) electrons. The van der Waals surface area contributed by atoms with Crippen LogP contribution in [0.15, 0.2) is 122 Å². The van der Waals surface area contributed by atoms with Gasteiger partial charge in [0, 0.05) is 78.6 Å². The van der Waals surface area contributed by atoms with Gasteiger partial charge >= 0.3 is 0 Å². The minimum absolute atomic E-state index is 0. The lowest BCUT2D eigenvalue weighted by molar-refractivity contribution is 0.123. The van der Waals surface area contributed by atoms with Crippen molar-refractivity contribution >= 4 is 34.6 Å². The fraction of sp³-hybridized carbons (Fsp3) is 0.410. The van der Waals surface area contributed by atoms with E-state index in [9.17, 15) is 8.78 Å². The van der Waals surface area contributed by atoms with E-state index in [0.29, 0.717) is 19.6 Å². The normalized spacial score (nSPS) is 17.2. The van der Waals surface area contributed by atoms with E-state index in [0.717, 1.165) is 179 Å². The van der Waals surface area contributed by atoms with Crippen molar-refractivity contribution in [3.05, 3.63) is 144 Å². The molecule has 4 fully saturated rings. The first kappa shape index (κ1) is 57.5. The number of hydrogen-bond acceptors (Lipinski definition) is 16. The SMILES string of the molecule is C.CCCOCCC#N.Fc1cccc([C@H]2CCCN2c2ccc3ncc(-c4cccc(N5CCNCC5)n4)n3n2)c1.N#CCOCCN1CCN(c2cccc(-c3cnc4ccc(N5CCC[C@@H]5c5cccc(F)c5)nn34)n2)CC1. The van der Waals surface area contributed by atoms with Crippen LogP contribution in [0.25, 0.3) is 34.1 Å². The Labute approximate surface area is 473 Å². The molecule has 6 aromatic heterocycles. The van der Waals surface area contributed by atoms with Crippen LogP contribution in [0.2, 0.25) is 0 Å². The second-order valence-corrected chi connectivity index (χ2v) is 20.1. The van der Waals surface area contributed by atoms with Gasteiger partial charge in [0.25, 0.3) is 0 Å². The number of rotatable bonds is 16. The van der Waals surface area contributed by atoms with Crippen molar-refractivity contribution in [2.45, 2.75) is 65.0 Å². The average Bonchev–Trinajstić information content (AvgIpc) is 4.53. The topological polar surface area (TPSA) is 180 Å². The first-order valence-electron chi connectivity index (χ1n) is 27.9. The Balaban J connectivity index is 0.000000172. The zero-order chi connectivity index (χ0) is 55.0. The first-order chi connectivity index (χ1) is 39.4. The van der Waals surface area contributed by atoms with Crippen molar-refractivity contribution in [1.82, 2.24) is 49.4 Å². The Morgan fingerprint density at radius 1 is 0.580 bits per heavy atom. The van der Waals surface area contributed by atoms with Crippen LogP contribution in [0.3, 0.4) is 0 Å². The highest BCUT2D eigenvalue weighted by molar-refractivity contribution is 5.64.